The van der Waals surface area contributed by atoms with Crippen LogP contribution in [0.5, 0.6) is 5.75 Å². The summed E-state index contributed by atoms with van der Waals surface area (Å²) in [6.07, 6.45) is 4.85. The van der Waals surface area contributed by atoms with Gasteiger partial charge in [0.05, 0.1) is 30.8 Å². The van der Waals surface area contributed by atoms with E-state index in [-0.39, 0.29) is 17.5 Å². The molecule has 0 saturated carbocycles. The fourth-order valence-electron chi connectivity index (χ4n) is 3.28. The molecule has 1 N–H and O–H groups in total. The molecule has 1 aliphatic rings. The molecule has 7 heteroatoms. The monoisotopic (exact) mass is 385 g/mol. The van der Waals surface area contributed by atoms with E-state index in [1.807, 2.05) is 29.2 Å². The second kappa shape index (κ2) is 8.91. The van der Waals surface area contributed by atoms with E-state index in [2.05, 4.69) is 18.9 Å². The molecule has 0 aliphatic carbocycles. The van der Waals surface area contributed by atoms with E-state index in [0.29, 0.717) is 32.0 Å². The van der Waals surface area contributed by atoms with Gasteiger partial charge in [-0.1, -0.05) is 26.0 Å². The quantitative estimate of drug-likeness (QED) is 0.792. The van der Waals surface area contributed by atoms with Crippen LogP contribution in [-0.2, 0) is 11.2 Å². The topological polar surface area (TPSA) is 84.7 Å². The summed E-state index contributed by atoms with van der Waals surface area (Å²) in [5, 5.41) is 13.2. The maximum absolute atomic E-state index is 12.6. The second-order valence-corrected chi connectivity index (χ2v) is 7.65. The Balaban J connectivity index is 1.49. The second-order valence-electron chi connectivity index (χ2n) is 7.65. The van der Waals surface area contributed by atoms with Crippen LogP contribution < -0.4 is 4.74 Å². The van der Waals surface area contributed by atoms with Crippen molar-refractivity contribution in [1.82, 2.24) is 14.7 Å². The number of carbonyl (C=O) groups is 2. The van der Waals surface area contributed by atoms with Gasteiger partial charge in [0.15, 0.2) is 0 Å². The number of piperidine rings is 1. The molecule has 2 aromatic rings. The standard InChI is InChI=1S/C21H27N3O4/c1-15(2)14-28-19-5-3-16(4-6-19)11-20(25)23-9-7-18(8-10-23)24-13-17(12-22-24)21(26)27/h3-6,12-13,15,18H,7-11,14H2,1-2H3,(H,26,27). The molecule has 1 fully saturated rings. The molecule has 3 rings (SSSR count). The average Bonchev–Trinajstić information content (AvgIpc) is 3.18. The van der Waals surface area contributed by atoms with Gasteiger partial charge in [-0.2, -0.15) is 5.10 Å². The number of ether oxygens (including phenoxy) is 1. The summed E-state index contributed by atoms with van der Waals surface area (Å²) in [4.78, 5) is 25.5. The highest BCUT2D eigenvalue weighted by Crippen LogP contribution is 2.23. The van der Waals surface area contributed by atoms with Crippen molar-refractivity contribution in [3.05, 3.63) is 47.8 Å². The lowest BCUT2D eigenvalue weighted by atomic mass is 10.0. The maximum atomic E-state index is 12.6. The largest absolute Gasteiger partial charge is 0.493 e. The molecule has 1 aliphatic heterocycles. The van der Waals surface area contributed by atoms with Crippen molar-refractivity contribution in [2.45, 2.75) is 39.2 Å². The number of nitrogens with zero attached hydrogens (tertiary/aromatic N) is 3. The maximum Gasteiger partial charge on any atom is 0.338 e. The Labute approximate surface area is 164 Å². The zero-order chi connectivity index (χ0) is 20.1. The zero-order valence-corrected chi connectivity index (χ0v) is 16.4. The molecule has 2 heterocycles. The molecule has 1 amide bonds. The summed E-state index contributed by atoms with van der Waals surface area (Å²) in [5.74, 6) is 0.438. The minimum Gasteiger partial charge on any atom is -0.493 e. The number of likely N-dealkylation sites (tertiary alicyclic amines) is 1. The van der Waals surface area contributed by atoms with Gasteiger partial charge in [-0.15, -0.1) is 0 Å². The van der Waals surface area contributed by atoms with Crippen LogP contribution >= 0.6 is 0 Å². The average molecular weight is 385 g/mol. The van der Waals surface area contributed by atoms with E-state index >= 15 is 0 Å². The summed E-state index contributed by atoms with van der Waals surface area (Å²) in [6, 6.07) is 7.84. The number of carbonyl (C=O) groups excluding carboxylic acids is 1. The van der Waals surface area contributed by atoms with Crippen molar-refractivity contribution in [1.29, 1.82) is 0 Å². The van der Waals surface area contributed by atoms with Crippen molar-refractivity contribution in [3.63, 3.8) is 0 Å². The number of aromatic nitrogens is 2. The molecule has 0 spiro atoms. The lowest BCUT2D eigenvalue weighted by Crippen LogP contribution is -2.40. The lowest BCUT2D eigenvalue weighted by molar-refractivity contribution is -0.131. The third kappa shape index (κ3) is 5.12. The molecule has 1 saturated heterocycles. The van der Waals surface area contributed by atoms with Gasteiger partial charge in [0.25, 0.3) is 0 Å². The highest BCUT2D eigenvalue weighted by atomic mass is 16.5. The van der Waals surface area contributed by atoms with Crippen LogP contribution in [0.4, 0.5) is 0 Å². The predicted octanol–water partition coefficient (Wildman–Crippen LogP) is 3.02. The highest BCUT2D eigenvalue weighted by Gasteiger charge is 2.24. The van der Waals surface area contributed by atoms with Crippen LogP contribution in [0, 0.1) is 5.92 Å². The van der Waals surface area contributed by atoms with Gasteiger partial charge in [0.1, 0.15) is 5.75 Å². The van der Waals surface area contributed by atoms with Gasteiger partial charge in [-0.05, 0) is 36.5 Å². The van der Waals surface area contributed by atoms with Crippen LogP contribution in [0.1, 0.15) is 48.7 Å². The minimum absolute atomic E-state index is 0.112. The molecule has 0 bridgehead atoms. The van der Waals surface area contributed by atoms with E-state index in [4.69, 9.17) is 9.84 Å². The third-order valence-corrected chi connectivity index (χ3v) is 4.90. The van der Waals surface area contributed by atoms with Gasteiger partial charge >= 0.3 is 5.97 Å². The number of aromatic carboxylic acids is 1. The first-order valence-corrected chi connectivity index (χ1v) is 9.69. The first-order chi connectivity index (χ1) is 13.4. The fourth-order valence-corrected chi connectivity index (χ4v) is 3.28. The van der Waals surface area contributed by atoms with Crippen LogP contribution in [0.2, 0.25) is 0 Å². The minimum atomic E-state index is -0.973. The van der Waals surface area contributed by atoms with Crippen LogP contribution in [0.15, 0.2) is 36.7 Å². The summed E-state index contributed by atoms with van der Waals surface area (Å²) in [7, 11) is 0. The van der Waals surface area contributed by atoms with Crippen molar-refractivity contribution in [3.8, 4) is 5.75 Å². The summed E-state index contributed by atoms with van der Waals surface area (Å²) in [5.41, 5.74) is 1.17. The highest BCUT2D eigenvalue weighted by molar-refractivity contribution is 5.86. The van der Waals surface area contributed by atoms with Gasteiger partial charge in [0, 0.05) is 19.3 Å². The normalized spacial score (nSPS) is 15.0. The van der Waals surface area contributed by atoms with Crippen molar-refractivity contribution >= 4 is 11.9 Å². The summed E-state index contributed by atoms with van der Waals surface area (Å²) in [6.45, 7) is 6.20. The Bertz CT molecular complexity index is 805. The Morgan fingerprint density at radius 3 is 2.46 bits per heavy atom. The van der Waals surface area contributed by atoms with Crippen LogP contribution in [0.25, 0.3) is 0 Å². The van der Waals surface area contributed by atoms with Crippen molar-refractivity contribution in [2.75, 3.05) is 19.7 Å². The molecule has 7 nitrogen and oxygen atoms in total. The number of amides is 1. The molecule has 150 valence electrons. The number of rotatable bonds is 7. The Kier molecular flexibility index (Phi) is 6.34. The number of benzene rings is 1. The van der Waals surface area contributed by atoms with E-state index < -0.39 is 5.97 Å². The number of hydrogen-bond donors (Lipinski definition) is 1. The van der Waals surface area contributed by atoms with Crippen LogP contribution in [0.3, 0.4) is 0 Å². The first kappa shape index (κ1) is 19.9. The summed E-state index contributed by atoms with van der Waals surface area (Å²) < 4.78 is 7.38. The summed E-state index contributed by atoms with van der Waals surface area (Å²) >= 11 is 0. The van der Waals surface area contributed by atoms with E-state index in [9.17, 15) is 9.59 Å². The molecule has 0 radical (unpaired) electrons. The van der Waals surface area contributed by atoms with E-state index in [0.717, 1.165) is 24.2 Å². The van der Waals surface area contributed by atoms with E-state index in [1.165, 1.54) is 6.20 Å². The van der Waals surface area contributed by atoms with Crippen LogP contribution in [-0.4, -0.2) is 51.4 Å². The molecular weight excluding hydrogens is 358 g/mol. The molecule has 1 aromatic heterocycles. The van der Waals surface area contributed by atoms with Gasteiger partial charge in [0.2, 0.25) is 5.91 Å². The molecule has 1 aromatic carbocycles. The fraction of sp³-hybridized carbons (Fsp3) is 0.476. The Hall–Kier alpha value is -2.83. The molecule has 28 heavy (non-hydrogen) atoms. The van der Waals surface area contributed by atoms with Gasteiger partial charge in [-0.25, -0.2) is 4.79 Å². The predicted molar refractivity (Wildman–Crippen MR) is 105 cm³/mol. The SMILES string of the molecule is CC(C)COc1ccc(CC(=O)N2CCC(n3cc(C(=O)O)cn3)CC2)cc1. The number of hydrogen-bond acceptors (Lipinski definition) is 4. The Morgan fingerprint density at radius 2 is 1.89 bits per heavy atom. The molecule has 0 atom stereocenters. The number of carboxylic acid groups (broad SMARTS) is 1. The Morgan fingerprint density at radius 1 is 1.21 bits per heavy atom. The smallest absolute Gasteiger partial charge is 0.338 e. The number of carboxylic acids is 1. The van der Waals surface area contributed by atoms with Crippen molar-refractivity contribution < 1.29 is 19.4 Å². The van der Waals surface area contributed by atoms with Gasteiger partial charge in [-0.3, -0.25) is 9.48 Å². The lowest BCUT2D eigenvalue weighted by Gasteiger charge is -2.32. The molecule has 0 unspecified atom stereocenters. The molecular formula is C21H27N3O4. The first-order valence-electron chi connectivity index (χ1n) is 9.69. The van der Waals surface area contributed by atoms with E-state index in [1.54, 1.807) is 10.9 Å². The third-order valence-electron chi connectivity index (χ3n) is 4.90. The zero-order valence-electron chi connectivity index (χ0n) is 16.4. The van der Waals surface area contributed by atoms with Gasteiger partial charge < -0.3 is 14.7 Å². The van der Waals surface area contributed by atoms with Crippen molar-refractivity contribution in [2.24, 2.45) is 5.92 Å².